The van der Waals surface area contributed by atoms with Gasteiger partial charge in [-0.15, -0.1) is 0 Å². The largest absolute Gasteiger partial charge is 0.497 e. The van der Waals surface area contributed by atoms with Crippen LogP contribution in [-0.4, -0.2) is 29.9 Å². The van der Waals surface area contributed by atoms with Crippen molar-refractivity contribution in [3.05, 3.63) is 78.1 Å². The number of hydrogen-bond acceptors (Lipinski definition) is 5. The second kappa shape index (κ2) is 9.55. The zero-order chi connectivity index (χ0) is 21.6. The number of ether oxygens (including phenoxy) is 1. The Balaban J connectivity index is 1.67. The quantitative estimate of drug-likeness (QED) is 0.584. The predicted octanol–water partition coefficient (Wildman–Crippen LogP) is 4.32. The average molecular weight is 422 g/mol. The van der Waals surface area contributed by atoms with E-state index in [0.29, 0.717) is 11.5 Å². The molecule has 2 aromatic heterocycles. The fourth-order valence-corrected chi connectivity index (χ4v) is 3.97. The number of nitrogens with zero attached hydrogens (tertiary/aromatic N) is 1. The van der Waals surface area contributed by atoms with Crippen molar-refractivity contribution < 1.29 is 23.2 Å². The van der Waals surface area contributed by atoms with Crippen molar-refractivity contribution in [1.29, 1.82) is 0 Å². The lowest BCUT2D eigenvalue weighted by atomic mass is 10.1. The second-order valence-corrected chi connectivity index (χ2v) is 7.67. The normalized spacial score (nSPS) is 14.9. The number of amides is 2. The molecule has 1 aliphatic carbocycles. The van der Waals surface area contributed by atoms with Crippen molar-refractivity contribution in [3.63, 3.8) is 0 Å². The number of benzene rings is 1. The first-order valence-corrected chi connectivity index (χ1v) is 10.5. The Bertz CT molecular complexity index is 974. The molecule has 1 fully saturated rings. The first kappa shape index (κ1) is 20.8. The van der Waals surface area contributed by atoms with Crippen LogP contribution in [0.25, 0.3) is 0 Å². The predicted molar refractivity (Wildman–Crippen MR) is 113 cm³/mol. The average Bonchev–Trinajstić information content (AvgIpc) is 3.57. The minimum atomic E-state index is -0.921. The third-order valence-corrected chi connectivity index (χ3v) is 5.58. The van der Waals surface area contributed by atoms with E-state index in [-0.39, 0.29) is 30.2 Å². The van der Waals surface area contributed by atoms with Gasteiger partial charge in [-0.1, -0.05) is 25.0 Å². The first-order chi connectivity index (χ1) is 15.2. The zero-order valence-corrected chi connectivity index (χ0v) is 17.5. The van der Waals surface area contributed by atoms with Crippen LogP contribution in [-0.2, 0) is 11.3 Å². The van der Waals surface area contributed by atoms with E-state index in [0.717, 1.165) is 31.2 Å². The highest BCUT2D eigenvalue weighted by Gasteiger charge is 2.36. The second-order valence-electron chi connectivity index (χ2n) is 7.67. The Morgan fingerprint density at radius 3 is 2.39 bits per heavy atom. The molecule has 7 heteroatoms. The van der Waals surface area contributed by atoms with Crippen molar-refractivity contribution in [1.82, 2.24) is 10.2 Å². The molecule has 31 heavy (non-hydrogen) atoms. The SMILES string of the molecule is COc1ccc(CN(C(=O)c2ccco2)[C@H](C(=O)NC2CCCC2)c2ccco2)cc1. The van der Waals surface area contributed by atoms with E-state index in [9.17, 15) is 9.59 Å². The number of hydrogen-bond donors (Lipinski definition) is 1. The molecule has 0 radical (unpaired) electrons. The topological polar surface area (TPSA) is 84.9 Å². The van der Waals surface area contributed by atoms with Gasteiger partial charge in [-0.3, -0.25) is 9.59 Å². The molecule has 0 aliphatic heterocycles. The monoisotopic (exact) mass is 422 g/mol. The minimum Gasteiger partial charge on any atom is -0.497 e. The molecule has 0 spiro atoms. The molecule has 1 saturated carbocycles. The molecule has 2 heterocycles. The number of nitrogens with one attached hydrogen (secondary N) is 1. The van der Waals surface area contributed by atoms with Crippen LogP contribution in [0.4, 0.5) is 0 Å². The summed E-state index contributed by atoms with van der Waals surface area (Å²) in [4.78, 5) is 28.3. The van der Waals surface area contributed by atoms with Gasteiger partial charge < -0.3 is 23.8 Å². The van der Waals surface area contributed by atoms with Crippen molar-refractivity contribution in [3.8, 4) is 5.75 Å². The van der Waals surface area contributed by atoms with Crippen LogP contribution < -0.4 is 10.1 Å². The van der Waals surface area contributed by atoms with Gasteiger partial charge in [0.2, 0.25) is 0 Å². The van der Waals surface area contributed by atoms with Gasteiger partial charge in [0, 0.05) is 12.6 Å². The van der Waals surface area contributed by atoms with Gasteiger partial charge in [-0.2, -0.15) is 0 Å². The molecule has 1 atom stereocenters. The first-order valence-electron chi connectivity index (χ1n) is 10.5. The van der Waals surface area contributed by atoms with Gasteiger partial charge in [-0.05, 0) is 54.8 Å². The molecular formula is C24H26N2O5. The molecular weight excluding hydrogens is 396 g/mol. The van der Waals surface area contributed by atoms with Crippen molar-refractivity contribution >= 4 is 11.8 Å². The number of furan rings is 2. The van der Waals surface area contributed by atoms with Gasteiger partial charge in [0.1, 0.15) is 11.5 Å². The van der Waals surface area contributed by atoms with E-state index in [1.54, 1.807) is 31.4 Å². The summed E-state index contributed by atoms with van der Waals surface area (Å²) in [7, 11) is 1.60. The molecule has 3 aromatic rings. The minimum absolute atomic E-state index is 0.117. The lowest BCUT2D eigenvalue weighted by molar-refractivity contribution is -0.127. The molecule has 1 aliphatic rings. The van der Waals surface area contributed by atoms with E-state index >= 15 is 0 Å². The number of rotatable bonds is 8. The molecule has 7 nitrogen and oxygen atoms in total. The van der Waals surface area contributed by atoms with Crippen molar-refractivity contribution in [2.24, 2.45) is 0 Å². The summed E-state index contributed by atoms with van der Waals surface area (Å²) >= 11 is 0. The van der Waals surface area contributed by atoms with Gasteiger partial charge in [0.15, 0.2) is 11.8 Å². The van der Waals surface area contributed by atoms with Gasteiger partial charge in [0.25, 0.3) is 11.8 Å². The highest BCUT2D eigenvalue weighted by molar-refractivity contribution is 5.95. The highest BCUT2D eigenvalue weighted by atomic mass is 16.5. The lowest BCUT2D eigenvalue weighted by Crippen LogP contribution is -2.45. The maximum absolute atomic E-state index is 13.4. The van der Waals surface area contributed by atoms with Crippen LogP contribution >= 0.6 is 0 Å². The Kier molecular flexibility index (Phi) is 6.40. The Hall–Kier alpha value is -3.48. The smallest absolute Gasteiger partial charge is 0.290 e. The molecule has 1 aromatic carbocycles. The summed E-state index contributed by atoms with van der Waals surface area (Å²) in [5.41, 5.74) is 0.853. The summed E-state index contributed by atoms with van der Waals surface area (Å²) in [6, 6.07) is 13.3. The van der Waals surface area contributed by atoms with E-state index in [2.05, 4.69) is 5.32 Å². The molecule has 0 unspecified atom stereocenters. The van der Waals surface area contributed by atoms with E-state index in [1.807, 2.05) is 24.3 Å². The summed E-state index contributed by atoms with van der Waals surface area (Å²) in [6.45, 7) is 0.201. The molecule has 162 valence electrons. The fraction of sp³-hybridized carbons (Fsp3) is 0.333. The molecule has 2 amide bonds. The summed E-state index contributed by atoms with van der Waals surface area (Å²) < 4.78 is 16.2. The zero-order valence-electron chi connectivity index (χ0n) is 17.5. The Morgan fingerprint density at radius 2 is 1.77 bits per heavy atom. The lowest BCUT2D eigenvalue weighted by Gasteiger charge is -2.30. The summed E-state index contributed by atoms with van der Waals surface area (Å²) in [6.07, 6.45) is 7.03. The van der Waals surface area contributed by atoms with Crippen molar-refractivity contribution in [2.75, 3.05) is 7.11 Å². The third kappa shape index (κ3) is 4.82. The summed E-state index contributed by atoms with van der Waals surface area (Å²) in [5, 5.41) is 3.11. The van der Waals surface area contributed by atoms with Gasteiger partial charge in [-0.25, -0.2) is 0 Å². The number of carbonyl (C=O) groups excluding carboxylic acids is 2. The van der Waals surface area contributed by atoms with Crippen LogP contribution in [0, 0.1) is 0 Å². The number of methoxy groups -OCH3 is 1. The van der Waals surface area contributed by atoms with E-state index in [1.165, 1.54) is 17.4 Å². The Labute approximate surface area is 181 Å². The molecule has 0 bridgehead atoms. The van der Waals surface area contributed by atoms with E-state index in [4.69, 9.17) is 13.6 Å². The molecule has 1 N–H and O–H groups in total. The van der Waals surface area contributed by atoms with E-state index < -0.39 is 6.04 Å². The van der Waals surface area contributed by atoms with Crippen LogP contribution in [0.15, 0.2) is 69.9 Å². The fourth-order valence-electron chi connectivity index (χ4n) is 3.97. The third-order valence-electron chi connectivity index (χ3n) is 5.58. The van der Waals surface area contributed by atoms with Crippen molar-refractivity contribution in [2.45, 2.75) is 44.3 Å². The van der Waals surface area contributed by atoms with Crippen LogP contribution in [0.5, 0.6) is 5.75 Å². The molecule has 0 saturated heterocycles. The number of carbonyl (C=O) groups is 2. The van der Waals surface area contributed by atoms with Crippen LogP contribution in [0.2, 0.25) is 0 Å². The molecule has 4 rings (SSSR count). The maximum atomic E-state index is 13.4. The summed E-state index contributed by atoms with van der Waals surface area (Å²) in [5.74, 6) is 0.649. The van der Waals surface area contributed by atoms with Gasteiger partial charge >= 0.3 is 0 Å². The van der Waals surface area contributed by atoms with Crippen LogP contribution in [0.1, 0.15) is 53.6 Å². The Morgan fingerprint density at radius 1 is 1.06 bits per heavy atom. The van der Waals surface area contributed by atoms with Crippen LogP contribution in [0.3, 0.4) is 0 Å². The van der Waals surface area contributed by atoms with Gasteiger partial charge in [0.05, 0.1) is 19.6 Å². The standard InChI is InChI=1S/C24H26N2O5/c1-29-19-12-10-17(11-13-19)16-26(24(28)21-9-5-15-31-21)22(20-8-4-14-30-20)23(27)25-18-6-2-3-7-18/h4-5,8-15,18,22H,2-3,6-7,16H2,1H3,(H,25,27)/t22-/m0/s1. The highest BCUT2D eigenvalue weighted by Crippen LogP contribution is 2.28. The maximum Gasteiger partial charge on any atom is 0.290 e.